The Kier molecular flexibility index (Phi) is 6.94. The molecule has 2 rings (SSSR count). The van der Waals surface area contributed by atoms with Crippen LogP contribution in [0.15, 0.2) is 24.3 Å². The van der Waals surface area contributed by atoms with E-state index in [1.54, 1.807) is 12.1 Å². The van der Waals surface area contributed by atoms with Crippen LogP contribution in [-0.4, -0.2) is 30.3 Å². The van der Waals surface area contributed by atoms with Crippen molar-refractivity contribution >= 4 is 29.1 Å². The van der Waals surface area contributed by atoms with Gasteiger partial charge in [0.1, 0.15) is 6.04 Å². The summed E-state index contributed by atoms with van der Waals surface area (Å²) in [5.41, 5.74) is 6.87. The maximum absolute atomic E-state index is 12.2. The number of amides is 3. The Morgan fingerprint density at radius 3 is 2.80 bits per heavy atom. The average Bonchev–Trinajstić information content (AvgIpc) is 2.58. The molecule has 1 fully saturated rings. The second-order valence-electron chi connectivity index (χ2n) is 6.40. The molecule has 0 saturated carbocycles. The van der Waals surface area contributed by atoms with Crippen LogP contribution in [-0.2, 0) is 14.4 Å². The molecular weight excluding hydrogens is 320 g/mol. The first-order chi connectivity index (χ1) is 12.0. The smallest absolute Gasteiger partial charge is 0.249 e. The summed E-state index contributed by atoms with van der Waals surface area (Å²) in [5.74, 6) is -0.680. The van der Waals surface area contributed by atoms with Crippen molar-refractivity contribution in [3.05, 3.63) is 24.3 Å². The van der Waals surface area contributed by atoms with Crippen LogP contribution in [0.2, 0.25) is 0 Å². The lowest BCUT2D eigenvalue weighted by Crippen LogP contribution is -2.47. The summed E-state index contributed by atoms with van der Waals surface area (Å²) in [6.45, 7) is 2.54. The lowest BCUT2D eigenvalue weighted by molar-refractivity contribution is -0.133. The SMILES string of the molecule is CC(CCCCN)C(=O)Nc1cccc(NC2CCC(=O)NC2=O)c1. The summed E-state index contributed by atoms with van der Waals surface area (Å²) in [7, 11) is 0. The van der Waals surface area contributed by atoms with E-state index in [0.29, 0.717) is 25.1 Å². The quantitative estimate of drug-likeness (QED) is 0.422. The van der Waals surface area contributed by atoms with Crippen LogP contribution in [0, 0.1) is 5.92 Å². The van der Waals surface area contributed by atoms with Gasteiger partial charge in [0.2, 0.25) is 17.7 Å². The van der Waals surface area contributed by atoms with Gasteiger partial charge in [0.05, 0.1) is 0 Å². The predicted molar refractivity (Wildman–Crippen MR) is 96.9 cm³/mol. The number of rotatable bonds is 8. The molecule has 0 bridgehead atoms. The van der Waals surface area contributed by atoms with Gasteiger partial charge in [-0.1, -0.05) is 19.4 Å². The van der Waals surface area contributed by atoms with Gasteiger partial charge in [-0.25, -0.2) is 0 Å². The molecule has 5 N–H and O–H groups in total. The molecule has 0 aliphatic carbocycles. The lowest BCUT2D eigenvalue weighted by Gasteiger charge is -2.23. The summed E-state index contributed by atoms with van der Waals surface area (Å²) >= 11 is 0. The fraction of sp³-hybridized carbons (Fsp3) is 0.500. The van der Waals surface area contributed by atoms with Gasteiger partial charge in [-0.15, -0.1) is 0 Å². The number of hydrogen-bond donors (Lipinski definition) is 4. The summed E-state index contributed by atoms with van der Waals surface area (Å²) < 4.78 is 0. The zero-order chi connectivity index (χ0) is 18.2. The van der Waals surface area contributed by atoms with Crippen LogP contribution in [0.4, 0.5) is 11.4 Å². The molecule has 1 saturated heterocycles. The summed E-state index contributed by atoms with van der Waals surface area (Å²) in [6, 6.07) is 6.78. The van der Waals surface area contributed by atoms with Crippen LogP contribution in [0.3, 0.4) is 0 Å². The molecule has 136 valence electrons. The fourth-order valence-electron chi connectivity index (χ4n) is 2.71. The summed E-state index contributed by atoms with van der Waals surface area (Å²) in [5, 5.41) is 8.32. The Hall–Kier alpha value is -2.41. The van der Waals surface area contributed by atoms with E-state index in [9.17, 15) is 14.4 Å². The van der Waals surface area contributed by atoms with E-state index < -0.39 is 6.04 Å². The van der Waals surface area contributed by atoms with Gasteiger partial charge in [-0.3, -0.25) is 19.7 Å². The van der Waals surface area contributed by atoms with Crippen molar-refractivity contribution in [2.45, 2.75) is 45.1 Å². The van der Waals surface area contributed by atoms with E-state index in [1.807, 2.05) is 19.1 Å². The number of unbranched alkanes of at least 4 members (excludes halogenated alkanes) is 1. The summed E-state index contributed by atoms with van der Waals surface area (Å²) in [4.78, 5) is 35.2. The van der Waals surface area contributed by atoms with Gasteiger partial charge in [-0.05, 0) is 44.0 Å². The molecule has 1 aromatic rings. The molecule has 1 aliphatic rings. The van der Waals surface area contributed by atoms with Crippen molar-refractivity contribution in [3.63, 3.8) is 0 Å². The maximum atomic E-state index is 12.2. The third-order valence-corrected chi connectivity index (χ3v) is 4.25. The van der Waals surface area contributed by atoms with E-state index >= 15 is 0 Å². The van der Waals surface area contributed by atoms with Gasteiger partial charge in [0.25, 0.3) is 0 Å². The highest BCUT2D eigenvalue weighted by Gasteiger charge is 2.26. The highest BCUT2D eigenvalue weighted by Crippen LogP contribution is 2.19. The molecule has 7 heteroatoms. The zero-order valence-corrected chi connectivity index (χ0v) is 14.5. The number of carbonyl (C=O) groups excluding carboxylic acids is 3. The number of anilines is 2. The van der Waals surface area contributed by atoms with E-state index in [-0.39, 0.29) is 23.6 Å². The molecule has 2 atom stereocenters. The minimum absolute atomic E-state index is 0.0322. The van der Waals surface area contributed by atoms with Crippen molar-refractivity contribution in [2.75, 3.05) is 17.2 Å². The topological polar surface area (TPSA) is 113 Å². The second-order valence-corrected chi connectivity index (χ2v) is 6.40. The minimum atomic E-state index is -0.446. The third-order valence-electron chi connectivity index (χ3n) is 4.25. The monoisotopic (exact) mass is 346 g/mol. The first-order valence-corrected chi connectivity index (χ1v) is 8.71. The van der Waals surface area contributed by atoms with Gasteiger partial charge in [0.15, 0.2) is 0 Å². The van der Waals surface area contributed by atoms with Gasteiger partial charge >= 0.3 is 0 Å². The number of nitrogens with two attached hydrogens (primary N) is 1. The fourth-order valence-corrected chi connectivity index (χ4v) is 2.71. The number of nitrogens with one attached hydrogen (secondary N) is 3. The average molecular weight is 346 g/mol. The molecule has 1 aliphatic heterocycles. The molecule has 0 aromatic heterocycles. The number of imide groups is 1. The molecule has 25 heavy (non-hydrogen) atoms. The molecule has 0 radical (unpaired) electrons. The Morgan fingerprint density at radius 1 is 1.32 bits per heavy atom. The number of hydrogen-bond acceptors (Lipinski definition) is 5. The normalized spacial score (nSPS) is 18.4. The van der Waals surface area contributed by atoms with E-state index in [4.69, 9.17) is 5.73 Å². The van der Waals surface area contributed by atoms with Gasteiger partial charge in [-0.2, -0.15) is 0 Å². The third kappa shape index (κ3) is 5.86. The van der Waals surface area contributed by atoms with E-state index in [2.05, 4.69) is 16.0 Å². The molecular formula is C18H26N4O3. The Balaban J connectivity index is 1.91. The number of benzene rings is 1. The molecule has 7 nitrogen and oxygen atoms in total. The Labute approximate surface area is 147 Å². The van der Waals surface area contributed by atoms with Gasteiger partial charge in [0, 0.05) is 23.7 Å². The highest BCUT2D eigenvalue weighted by atomic mass is 16.2. The largest absolute Gasteiger partial charge is 0.374 e. The number of piperidine rings is 1. The van der Waals surface area contributed by atoms with Crippen LogP contribution in [0.1, 0.15) is 39.0 Å². The predicted octanol–water partition coefficient (Wildman–Crippen LogP) is 1.61. The first kappa shape index (κ1) is 18.9. The van der Waals surface area contributed by atoms with Crippen LogP contribution in [0.25, 0.3) is 0 Å². The molecule has 1 heterocycles. The maximum Gasteiger partial charge on any atom is 0.249 e. The van der Waals surface area contributed by atoms with Crippen molar-refractivity contribution < 1.29 is 14.4 Å². The van der Waals surface area contributed by atoms with Crippen LogP contribution < -0.4 is 21.7 Å². The van der Waals surface area contributed by atoms with Crippen molar-refractivity contribution in [3.8, 4) is 0 Å². The van der Waals surface area contributed by atoms with Crippen LogP contribution >= 0.6 is 0 Å². The van der Waals surface area contributed by atoms with E-state index in [1.165, 1.54) is 0 Å². The highest BCUT2D eigenvalue weighted by molar-refractivity contribution is 6.01. The van der Waals surface area contributed by atoms with Crippen molar-refractivity contribution in [1.82, 2.24) is 5.32 Å². The standard InChI is InChI=1S/C18H26N4O3/c1-12(5-2-3-10-19)17(24)21-14-7-4-6-13(11-14)20-15-8-9-16(23)22-18(15)25/h4,6-7,11-12,15,20H,2-3,5,8-10,19H2,1H3,(H,21,24)(H,22,23,25). The second kappa shape index (κ2) is 9.17. The zero-order valence-electron chi connectivity index (χ0n) is 14.5. The number of carbonyl (C=O) groups is 3. The molecule has 1 aromatic carbocycles. The Morgan fingerprint density at radius 2 is 2.08 bits per heavy atom. The summed E-state index contributed by atoms with van der Waals surface area (Å²) in [6.07, 6.45) is 3.43. The van der Waals surface area contributed by atoms with Crippen molar-refractivity contribution in [1.29, 1.82) is 0 Å². The first-order valence-electron chi connectivity index (χ1n) is 8.71. The minimum Gasteiger partial charge on any atom is -0.374 e. The van der Waals surface area contributed by atoms with E-state index in [0.717, 1.165) is 24.9 Å². The van der Waals surface area contributed by atoms with Crippen molar-refractivity contribution in [2.24, 2.45) is 11.7 Å². The van der Waals surface area contributed by atoms with Crippen LogP contribution in [0.5, 0.6) is 0 Å². The molecule has 2 unspecified atom stereocenters. The Bertz CT molecular complexity index is 633. The molecule has 0 spiro atoms. The molecule has 3 amide bonds. The lowest BCUT2D eigenvalue weighted by atomic mass is 10.0. The van der Waals surface area contributed by atoms with Gasteiger partial charge < -0.3 is 16.4 Å².